The van der Waals surface area contributed by atoms with E-state index in [0.717, 1.165) is 0 Å². The molecule has 1 aliphatic carbocycles. The lowest BCUT2D eigenvalue weighted by Gasteiger charge is -2.14. The molecule has 1 heteroatoms. The maximum atomic E-state index is 4.55. The van der Waals surface area contributed by atoms with Gasteiger partial charge in [0.15, 0.2) is 0 Å². The van der Waals surface area contributed by atoms with E-state index >= 15 is 0 Å². The maximum Gasteiger partial charge on any atom is 0.0242 e. The molecule has 0 bridgehead atoms. The van der Waals surface area contributed by atoms with E-state index in [4.69, 9.17) is 0 Å². The van der Waals surface area contributed by atoms with Gasteiger partial charge in [0, 0.05) is 13.1 Å². The monoisotopic (exact) mass is 252 g/mol. The molecule has 1 saturated carbocycles. The van der Waals surface area contributed by atoms with Crippen LogP contribution in [0.1, 0.15) is 96.3 Å². The second kappa shape index (κ2) is 12.0. The van der Waals surface area contributed by atoms with Gasteiger partial charge in [-0.25, -0.2) is 5.32 Å². The van der Waals surface area contributed by atoms with Crippen molar-refractivity contribution in [3.05, 3.63) is 0 Å². The van der Waals surface area contributed by atoms with Crippen LogP contribution in [-0.2, 0) is 0 Å². The van der Waals surface area contributed by atoms with Crippen LogP contribution in [-0.4, -0.2) is 13.1 Å². The lowest BCUT2D eigenvalue weighted by Crippen LogP contribution is -2.18. The molecule has 0 amide bonds. The van der Waals surface area contributed by atoms with Crippen LogP contribution in [0.2, 0.25) is 0 Å². The Morgan fingerprint density at radius 2 is 0.778 bits per heavy atom. The Balaban J connectivity index is 2.15. The second-order valence-corrected chi connectivity index (χ2v) is 6.09. The van der Waals surface area contributed by atoms with Gasteiger partial charge in [-0.2, -0.15) is 0 Å². The molecule has 0 aromatic carbocycles. The summed E-state index contributed by atoms with van der Waals surface area (Å²) in [5.74, 6) is 0. The van der Waals surface area contributed by atoms with Crippen molar-refractivity contribution in [2.24, 2.45) is 0 Å². The molecule has 0 atom stereocenters. The fourth-order valence-electron chi connectivity index (χ4n) is 3.11. The van der Waals surface area contributed by atoms with Gasteiger partial charge in [0.2, 0.25) is 0 Å². The zero-order chi connectivity index (χ0) is 12.9. The van der Waals surface area contributed by atoms with Crippen LogP contribution in [0.25, 0.3) is 0 Å². The van der Waals surface area contributed by atoms with Crippen molar-refractivity contribution in [2.75, 3.05) is 7.05 Å². The molecule has 107 valence electrons. The maximum absolute atomic E-state index is 4.55. The van der Waals surface area contributed by atoms with Crippen LogP contribution < -0.4 is 5.32 Å². The highest BCUT2D eigenvalue weighted by Gasteiger charge is 2.06. The van der Waals surface area contributed by atoms with E-state index < -0.39 is 0 Å². The average molecular weight is 252 g/mol. The Morgan fingerprint density at radius 3 is 1.06 bits per heavy atom. The molecule has 18 heavy (non-hydrogen) atoms. The molecule has 1 radical (unpaired) electrons. The van der Waals surface area contributed by atoms with Crippen molar-refractivity contribution in [2.45, 2.75) is 102 Å². The van der Waals surface area contributed by atoms with Gasteiger partial charge >= 0.3 is 0 Å². The average Bonchev–Trinajstić information content (AvgIpc) is 2.39. The van der Waals surface area contributed by atoms with Gasteiger partial charge in [0.05, 0.1) is 0 Å². The molecule has 0 heterocycles. The van der Waals surface area contributed by atoms with Gasteiger partial charge in [-0.05, 0) is 12.8 Å². The summed E-state index contributed by atoms with van der Waals surface area (Å²) in [5, 5.41) is 4.55. The van der Waals surface area contributed by atoms with E-state index in [-0.39, 0.29) is 0 Å². The van der Waals surface area contributed by atoms with Crippen molar-refractivity contribution in [3.63, 3.8) is 0 Å². The standard InChI is InChI=1S/C17H34N/c1-18-17-15-13-11-9-7-5-3-2-4-6-8-10-12-14-16-17/h17H,2-16H2,1H3. The summed E-state index contributed by atoms with van der Waals surface area (Å²) in [6, 6.07) is 0.665. The van der Waals surface area contributed by atoms with E-state index in [1.807, 2.05) is 7.05 Å². The summed E-state index contributed by atoms with van der Waals surface area (Å²) in [6.07, 6.45) is 21.6. The van der Waals surface area contributed by atoms with Crippen molar-refractivity contribution >= 4 is 0 Å². The van der Waals surface area contributed by atoms with Crippen molar-refractivity contribution in [1.29, 1.82) is 0 Å². The molecule has 0 aliphatic heterocycles. The van der Waals surface area contributed by atoms with Crippen LogP contribution in [0.3, 0.4) is 0 Å². The lowest BCUT2D eigenvalue weighted by atomic mass is 9.99. The van der Waals surface area contributed by atoms with E-state index in [1.54, 1.807) is 0 Å². The Hall–Kier alpha value is -0.0400. The van der Waals surface area contributed by atoms with Crippen LogP contribution in [0.4, 0.5) is 0 Å². The van der Waals surface area contributed by atoms with Gasteiger partial charge in [-0.1, -0.05) is 83.5 Å². The zero-order valence-electron chi connectivity index (χ0n) is 12.6. The number of hydrogen-bond donors (Lipinski definition) is 0. The molecule has 0 unspecified atom stereocenters. The van der Waals surface area contributed by atoms with Crippen molar-refractivity contribution in [3.8, 4) is 0 Å². The molecule has 1 rings (SSSR count). The summed E-state index contributed by atoms with van der Waals surface area (Å²) in [6.45, 7) is 0. The topological polar surface area (TPSA) is 14.1 Å². The second-order valence-electron chi connectivity index (χ2n) is 6.09. The van der Waals surface area contributed by atoms with Crippen molar-refractivity contribution in [1.82, 2.24) is 5.32 Å². The summed E-state index contributed by atoms with van der Waals surface area (Å²) in [7, 11) is 2.02. The summed E-state index contributed by atoms with van der Waals surface area (Å²) in [4.78, 5) is 0. The zero-order valence-corrected chi connectivity index (χ0v) is 12.6. The Morgan fingerprint density at radius 1 is 0.500 bits per heavy atom. The normalized spacial score (nSPS) is 23.8. The highest BCUT2D eigenvalue weighted by molar-refractivity contribution is 4.64. The Bertz CT molecular complexity index is 151. The third-order valence-corrected chi connectivity index (χ3v) is 4.44. The summed E-state index contributed by atoms with van der Waals surface area (Å²) in [5.41, 5.74) is 0. The SMILES string of the molecule is C[N]C1CCCCCCCCCCCCCCC1. The molecule has 1 fully saturated rings. The predicted octanol–water partition coefficient (Wildman–Crippen LogP) is 5.45. The molecule has 0 aromatic rings. The quantitative estimate of drug-likeness (QED) is 0.589. The number of hydrogen-bond acceptors (Lipinski definition) is 0. The molecule has 0 spiro atoms. The van der Waals surface area contributed by atoms with E-state index in [0.29, 0.717) is 6.04 Å². The first-order chi connectivity index (χ1) is 8.93. The van der Waals surface area contributed by atoms with Gasteiger partial charge < -0.3 is 0 Å². The summed E-state index contributed by atoms with van der Waals surface area (Å²) < 4.78 is 0. The van der Waals surface area contributed by atoms with Crippen molar-refractivity contribution < 1.29 is 0 Å². The van der Waals surface area contributed by atoms with Gasteiger partial charge in [-0.15, -0.1) is 0 Å². The Kier molecular flexibility index (Phi) is 10.7. The van der Waals surface area contributed by atoms with Gasteiger partial charge in [-0.3, -0.25) is 0 Å². The highest BCUT2D eigenvalue weighted by atomic mass is 14.9. The van der Waals surface area contributed by atoms with Gasteiger partial charge in [0.1, 0.15) is 0 Å². The van der Waals surface area contributed by atoms with Crippen LogP contribution in [0, 0.1) is 0 Å². The van der Waals surface area contributed by atoms with E-state index in [9.17, 15) is 0 Å². The smallest absolute Gasteiger partial charge is 0.0242 e. The minimum Gasteiger partial charge on any atom is -0.242 e. The molecule has 0 N–H and O–H groups in total. The fourth-order valence-corrected chi connectivity index (χ4v) is 3.11. The minimum absolute atomic E-state index is 0.665. The first-order valence-corrected chi connectivity index (χ1v) is 8.52. The molecule has 0 saturated heterocycles. The van der Waals surface area contributed by atoms with E-state index in [2.05, 4.69) is 5.32 Å². The fraction of sp³-hybridized carbons (Fsp3) is 1.00. The summed E-state index contributed by atoms with van der Waals surface area (Å²) >= 11 is 0. The molecular formula is C17H34N. The Labute approximate surface area is 115 Å². The molecule has 1 nitrogen and oxygen atoms in total. The van der Waals surface area contributed by atoms with Crippen LogP contribution in [0.15, 0.2) is 0 Å². The van der Waals surface area contributed by atoms with Crippen LogP contribution in [0.5, 0.6) is 0 Å². The van der Waals surface area contributed by atoms with Crippen LogP contribution >= 0.6 is 0 Å². The number of rotatable bonds is 1. The third kappa shape index (κ3) is 8.97. The first-order valence-electron chi connectivity index (χ1n) is 8.52. The largest absolute Gasteiger partial charge is 0.242 e. The van der Waals surface area contributed by atoms with Gasteiger partial charge in [0.25, 0.3) is 0 Å². The third-order valence-electron chi connectivity index (χ3n) is 4.44. The molecule has 0 aromatic heterocycles. The lowest BCUT2D eigenvalue weighted by molar-refractivity contribution is 0.426. The molecular weight excluding hydrogens is 218 g/mol. The highest BCUT2D eigenvalue weighted by Crippen LogP contribution is 2.17. The predicted molar refractivity (Wildman–Crippen MR) is 81.1 cm³/mol. The van der Waals surface area contributed by atoms with E-state index in [1.165, 1.54) is 96.3 Å². The number of nitrogens with zero attached hydrogens (tertiary/aromatic N) is 1. The minimum atomic E-state index is 0.665. The molecule has 1 aliphatic rings. The first kappa shape index (κ1) is 16.0.